The molecule has 0 radical (unpaired) electrons. The summed E-state index contributed by atoms with van der Waals surface area (Å²) in [5.41, 5.74) is 0. The van der Waals surface area contributed by atoms with Crippen LogP contribution < -0.4 is 5.32 Å². The first-order valence-electron chi connectivity index (χ1n) is 27.6. The van der Waals surface area contributed by atoms with Crippen molar-refractivity contribution < 1.29 is 89.4 Å². The number of amides is 1. The second-order valence-corrected chi connectivity index (χ2v) is 20.0. The average molecular weight is 1040 g/mol. The molecule has 1 amide bonds. The number of unbranched alkanes of at least 4 members (excludes halogenated alkanes) is 21. The molecule has 17 unspecified atom stereocenters. The number of carbonyl (C=O) groups is 1. The molecule has 3 saturated heterocycles. The molecule has 422 valence electrons. The van der Waals surface area contributed by atoms with Gasteiger partial charge in [0.15, 0.2) is 18.9 Å². The Hall–Kier alpha value is -1.73. The van der Waals surface area contributed by atoms with Crippen LogP contribution in [0.2, 0.25) is 0 Å². The molecule has 0 aromatic carbocycles. The Morgan fingerprint density at radius 2 is 0.889 bits per heavy atom. The SMILES string of the molecule is CCCCCCCC/C=C/CC/C=C/C(O)C(COC1OC(CO)C(OC2OC(CO)C(OC3OC(CO)C(O)C(O)C3O)C(O)C2O)C(O)C1O)NC(=O)CCCCCCCCCCCCCCCCC. The molecule has 12 N–H and O–H groups in total. The normalized spacial score (nSPS) is 32.2. The first-order chi connectivity index (χ1) is 34.8. The zero-order valence-electron chi connectivity index (χ0n) is 43.4. The predicted molar refractivity (Wildman–Crippen MR) is 268 cm³/mol. The highest BCUT2D eigenvalue weighted by atomic mass is 16.8. The van der Waals surface area contributed by atoms with Gasteiger partial charge < -0.3 is 89.9 Å². The van der Waals surface area contributed by atoms with Crippen LogP contribution in [0.25, 0.3) is 0 Å². The second kappa shape index (κ2) is 37.9. The third-order valence-electron chi connectivity index (χ3n) is 14.0. The van der Waals surface area contributed by atoms with E-state index in [-0.39, 0.29) is 18.9 Å². The summed E-state index contributed by atoms with van der Waals surface area (Å²) in [7, 11) is 0. The van der Waals surface area contributed by atoms with E-state index in [9.17, 15) is 61.0 Å². The van der Waals surface area contributed by atoms with Crippen molar-refractivity contribution in [3.05, 3.63) is 24.3 Å². The van der Waals surface area contributed by atoms with Crippen molar-refractivity contribution in [3.63, 3.8) is 0 Å². The molecular weight excluding hydrogens is 939 g/mol. The summed E-state index contributed by atoms with van der Waals surface area (Å²) in [5, 5.41) is 120. The molecule has 0 spiro atoms. The highest BCUT2D eigenvalue weighted by molar-refractivity contribution is 5.76. The molecule has 3 fully saturated rings. The van der Waals surface area contributed by atoms with Crippen LogP contribution in [0.15, 0.2) is 24.3 Å². The first kappa shape index (κ1) is 64.6. The van der Waals surface area contributed by atoms with Gasteiger partial charge in [0.2, 0.25) is 5.91 Å². The van der Waals surface area contributed by atoms with Gasteiger partial charge in [-0.15, -0.1) is 0 Å². The molecule has 0 aromatic rings. The summed E-state index contributed by atoms with van der Waals surface area (Å²) in [5.74, 6) is -0.287. The van der Waals surface area contributed by atoms with E-state index in [2.05, 4.69) is 31.3 Å². The number of nitrogens with one attached hydrogen (secondary N) is 1. The maximum absolute atomic E-state index is 13.2. The van der Waals surface area contributed by atoms with Crippen molar-refractivity contribution in [1.82, 2.24) is 5.32 Å². The van der Waals surface area contributed by atoms with Crippen molar-refractivity contribution in [1.29, 1.82) is 0 Å². The summed E-state index contributed by atoms with van der Waals surface area (Å²) >= 11 is 0. The van der Waals surface area contributed by atoms with Crippen LogP contribution in [0.5, 0.6) is 0 Å². The smallest absolute Gasteiger partial charge is 0.220 e. The molecule has 19 nitrogen and oxygen atoms in total. The Morgan fingerprint density at radius 1 is 0.486 bits per heavy atom. The first-order valence-corrected chi connectivity index (χ1v) is 27.6. The van der Waals surface area contributed by atoms with E-state index in [4.69, 9.17) is 28.4 Å². The summed E-state index contributed by atoms with van der Waals surface area (Å²) in [6, 6.07) is -0.983. The highest BCUT2D eigenvalue weighted by Gasteiger charge is 2.53. The zero-order valence-corrected chi connectivity index (χ0v) is 43.4. The van der Waals surface area contributed by atoms with E-state index < -0.39 is 124 Å². The molecule has 3 aliphatic heterocycles. The third-order valence-corrected chi connectivity index (χ3v) is 14.0. The Bertz CT molecular complexity index is 1430. The maximum Gasteiger partial charge on any atom is 0.220 e. The Kier molecular flexibility index (Phi) is 34.0. The summed E-state index contributed by atoms with van der Waals surface area (Å²) in [4.78, 5) is 13.2. The standard InChI is InChI=1S/C53H97NO18/c1-3-5-7-9-11-13-15-17-18-19-21-23-25-27-29-31-41(59)54-36(37(58)30-28-26-24-22-20-16-14-12-10-8-6-4-2)35-67-51-47(65)44(62)49(39(33-56)69-51)72-53-48(66)45(63)50(40(34-57)70-53)71-52-46(64)43(61)42(60)38(32-55)68-52/h20,22,28,30,36-40,42-53,55-58,60-66H,3-19,21,23-27,29,31-35H2,1-2H3,(H,54,59)/b22-20+,30-28+. The number of carbonyl (C=O) groups excluding carboxylic acids is 1. The third kappa shape index (κ3) is 22.9. The van der Waals surface area contributed by atoms with E-state index in [0.29, 0.717) is 12.8 Å². The number of aliphatic hydroxyl groups is 11. The quantitative estimate of drug-likeness (QED) is 0.0311. The molecule has 0 saturated carbocycles. The topological polar surface area (TPSA) is 307 Å². The predicted octanol–water partition coefficient (Wildman–Crippen LogP) is 3.20. The largest absolute Gasteiger partial charge is 0.394 e. The molecule has 0 aromatic heterocycles. The van der Waals surface area contributed by atoms with Crippen LogP contribution >= 0.6 is 0 Å². The molecule has 3 rings (SSSR count). The van der Waals surface area contributed by atoms with Gasteiger partial charge in [-0.2, -0.15) is 0 Å². The molecule has 0 aliphatic carbocycles. The van der Waals surface area contributed by atoms with E-state index in [1.165, 1.54) is 103 Å². The lowest BCUT2D eigenvalue weighted by molar-refractivity contribution is -0.379. The van der Waals surface area contributed by atoms with E-state index in [0.717, 1.165) is 38.5 Å². The molecule has 17 atom stereocenters. The van der Waals surface area contributed by atoms with Gasteiger partial charge in [0.05, 0.1) is 38.6 Å². The summed E-state index contributed by atoms with van der Waals surface area (Å²) in [6.45, 7) is 1.66. The van der Waals surface area contributed by atoms with Crippen LogP contribution in [0.1, 0.15) is 174 Å². The lowest BCUT2D eigenvalue weighted by Gasteiger charge is -2.48. The van der Waals surface area contributed by atoms with Crippen LogP contribution in [0.4, 0.5) is 0 Å². The molecule has 72 heavy (non-hydrogen) atoms. The minimum atomic E-state index is -1.98. The number of ether oxygens (including phenoxy) is 6. The summed E-state index contributed by atoms with van der Waals surface area (Å²) in [6.07, 6.45) is 8.91. The van der Waals surface area contributed by atoms with Crippen LogP contribution in [0.3, 0.4) is 0 Å². The number of hydrogen-bond acceptors (Lipinski definition) is 18. The number of hydrogen-bond donors (Lipinski definition) is 12. The molecule has 19 heteroatoms. The second-order valence-electron chi connectivity index (χ2n) is 20.0. The lowest BCUT2D eigenvalue weighted by Crippen LogP contribution is -2.66. The molecule has 3 heterocycles. The molecule has 3 aliphatic rings. The fraction of sp³-hybridized carbons (Fsp3) is 0.906. The van der Waals surface area contributed by atoms with Crippen LogP contribution in [-0.2, 0) is 33.2 Å². The van der Waals surface area contributed by atoms with Gasteiger partial charge in [0.25, 0.3) is 0 Å². The highest BCUT2D eigenvalue weighted by Crippen LogP contribution is 2.33. The van der Waals surface area contributed by atoms with Crippen molar-refractivity contribution in [2.45, 2.75) is 279 Å². The van der Waals surface area contributed by atoms with Gasteiger partial charge in [-0.05, 0) is 32.1 Å². The minimum Gasteiger partial charge on any atom is -0.394 e. The number of rotatable bonds is 39. The van der Waals surface area contributed by atoms with Crippen molar-refractivity contribution in [2.75, 3.05) is 26.4 Å². The van der Waals surface area contributed by atoms with Crippen LogP contribution in [-0.4, -0.2) is 193 Å². The Labute approximate surface area is 428 Å². The maximum atomic E-state index is 13.2. The van der Waals surface area contributed by atoms with Gasteiger partial charge >= 0.3 is 0 Å². The molecule has 0 bridgehead atoms. The summed E-state index contributed by atoms with van der Waals surface area (Å²) < 4.78 is 34.1. The van der Waals surface area contributed by atoms with Crippen molar-refractivity contribution >= 4 is 5.91 Å². The van der Waals surface area contributed by atoms with Gasteiger partial charge in [0.1, 0.15) is 73.2 Å². The number of aliphatic hydroxyl groups excluding tert-OH is 11. The van der Waals surface area contributed by atoms with E-state index in [1.54, 1.807) is 6.08 Å². The Balaban J connectivity index is 1.55. The van der Waals surface area contributed by atoms with Gasteiger partial charge in [0, 0.05) is 6.42 Å². The number of allylic oxidation sites excluding steroid dienone is 3. The van der Waals surface area contributed by atoms with Gasteiger partial charge in [-0.25, -0.2) is 0 Å². The van der Waals surface area contributed by atoms with Gasteiger partial charge in [-0.1, -0.05) is 160 Å². The van der Waals surface area contributed by atoms with E-state index in [1.807, 2.05) is 6.08 Å². The average Bonchev–Trinajstić information content (AvgIpc) is 3.37. The van der Waals surface area contributed by atoms with Crippen molar-refractivity contribution in [2.24, 2.45) is 0 Å². The van der Waals surface area contributed by atoms with Crippen molar-refractivity contribution in [3.8, 4) is 0 Å². The Morgan fingerprint density at radius 3 is 1.39 bits per heavy atom. The zero-order chi connectivity index (χ0) is 52.7. The van der Waals surface area contributed by atoms with Gasteiger partial charge in [-0.3, -0.25) is 4.79 Å². The molecular formula is C53H97NO18. The fourth-order valence-corrected chi connectivity index (χ4v) is 9.38. The monoisotopic (exact) mass is 1040 g/mol. The minimum absolute atomic E-state index is 0.239. The van der Waals surface area contributed by atoms with E-state index >= 15 is 0 Å². The van der Waals surface area contributed by atoms with Crippen LogP contribution in [0, 0.1) is 0 Å². The fourth-order valence-electron chi connectivity index (χ4n) is 9.38. The lowest BCUT2D eigenvalue weighted by atomic mass is 9.96.